The normalized spacial score (nSPS) is 22.5. The first-order valence-electron chi connectivity index (χ1n) is 10.3. The highest BCUT2D eigenvalue weighted by molar-refractivity contribution is 5.76. The van der Waals surface area contributed by atoms with Gasteiger partial charge in [-0.05, 0) is 49.1 Å². The molecule has 2 saturated heterocycles. The van der Waals surface area contributed by atoms with Gasteiger partial charge < -0.3 is 4.90 Å². The van der Waals surface area contributed by atoms with Gasteiger partial charge in [-0.1, -0.05) is 24.3 Å². The van der Waals surface area contributed by atoms with Crippen LogP contribution in [0, 0.1) is 5.92 Å². The van der Waals surface area contributed by atoms with Crippen LogP contribution in [0.2, 0.25) is 0 Å². The molecule has 0 saturated carbocycles. The molecule has 0 atom stereocenters. The Morgan fingerprint density at radius 1 is 1.00 bits per heavy atom. The molecule has 3 aliphatic rings. The molecule has 1 aromatic rings. The predicted octanol–water partition coefficient (Wildman–Crippen LogP) is 1.58. The van der Waals surface area contributed by atoms with Gasteiger partial charge in [0.15, 0.2) is 0 Å². The summed E-state index contributed by atoms with van der Waals surface area (Å²) in [5, 5.41) is 0. The van der Waals surface area contributed by atoms with Gasteiger partial charge in [-0.2, -0.15) is 0 Å². The van der Waals surface area contributed by atoms with E-state index in [1.807, 2.05) is 0 Å². The molecule has 0 radical (unpaired) electrons. The molecule has 0 aromatic heterocycles. The number of rotatable bonds is 5. The topological polar surface area (TPSA) is 47.6 Å². The number of nitrogens with one attached hydrogen (secondary N) is 2. The molecule has 4 rings (SSSR count). The third-order valence-electron chi connectivity index (χ3n) is 6.34. The van der Waals surface area contributed by atoms with Crippen molar-refractivity contribution in [2.24, 2.45) is 5.92 Å². The summed E-state index contributed by atoms with van der Waals surface area (Å²) in [6, 6.07) is 9.49. The van der Waals surface area contributed by atoms with E-state index >= 15 is 0 Å². The summed E-state index contributed by atoms with van der Waals surface area (Å²) in [5.41, 5.74) is 9.38. The smallest absolute Gasteiger partial charge is 0.222 e. The summed E-state index contributed by atoms with van der Waals surface area (Å²) in [6.45, 7) is 6.07. The fraction of sp³-hybridized carbons (Fsp3) is 0.667. The molecule has 5 heteroatoms. The Bertz CT molecular complexity index is 589. The lowest BCUT2D eigenvalue weighted by Gasteiger charge is -2.27. The molecule has 142 valence electrons. The predicted molar refractivity (Wildman–Crippen MR) is 104 cm³/mol. The van der Waals surface area contributed by atoms with Crippen molar-refractivity contribution in [2.45, 2.75) is 44.6 Å². The first-order chi connectivity index (χ1) is 12.8. The van der Waals surface area contributed by atoms with E-state index in [0.29, 0.717) is 24.3 Å². The molecule has 1 amide bonds. The fourth-order valence-electron chi connectivity index (χ4n) is 4.76. The summed E-state index contributed by atoms with van der Waals surface area (Å²) in [7, 11) is 0. The minimum Gasteiger partial charge on any atom is -0.341 e. The Hall–Kier alpha value is -1.43. The van der Waals surface area contributed by atoms with E-state index in [-0.39, 0.29) is 0 Å². The second-order valence-electron chi connectivity index (χ2n) is 8.12. The number of nitrogens with zero attached hydrogens (tertiary/aromatic N) is 2. The maximum absolute atomic E-state index is 12.6. The summed E-state index contributed by atoms with van der Waals surface area (Å²) >= 11 is 0. The van der Waals surface area contributed by atoms with Crippen molar-refractivity contribution >= 4 is 5.91 Å². The van der Waals surface area contributed by atoms with Gasteiger partial charge in [0.2, 0.25) is 5.91 Å². The molecule has 26 heavy (non-hydrogen) atoms. The van der Waals surface area contributed by atoms with Crippen LogP contribution in [-0.4, -0.2) is 61.0 Å². The molecule has 1 aliphatic carbocycles. The average molecular weight is 357 g/mol. The van der Waals surface area contributed by atoms with Crippen LogP contribution in [0.15, 0.2) is 24.3 Å². The highest BCUT2D eigenvalue weighted by atomic mass is 16.2. The molecule has 0 spiro atoms. The van der Waals surface area contributed by atoms with Gasteiger partial charge in [-0.25, -0.2) is 0 Å². The Kier molecular flexibility index (Phi) is 5.88. The van der Waals surface area contributed by atoms with Gasteiger partial charge in [-0.3, -0.25) is 20.5 Å². The van der Waals surface area contributed by atoms with Crippen LogP contribution in [0.4, 0.5) is 0 Å². The van der Waals surface area contributed by atoms with Crippen molar-refractivity contribution in [1.82, 2.24) is 20.7 Å². The summed E-state index contributed by atoms with van der Waals surface area (Å²) in [5.74, 6) is 1.05. The molecule has 2 N–H and O–H groups in total. The molecule has 0 unspecified atom stereocenters. The third-order valence-corrected chi connectivity index (χ3v) is 6.34. The highest BCUT2D eigenvalue weighted by Gasteiger charge is 2.28. The average Bonchev–Trinajstić information content (AvgIpc) is 3.25. The molecule has 5 nitrogen and oxygen atoms in total. The van der Waals surface area contributed by atoms with Crippen LogP contribution < -0.4 is 10.9 Å². The van der Waals surface area contributed by atoms with Crippen molar-refractivity contribution in [1.29, 1.82) is 0 Å². The van der Waals surface area contributed by atoms with E-state index in [1.165, 1.54) is 24.0 Å². The Balaban J connectivity index is 1.22. The molecule has 2 fully saturated rings. The minimum absolute atomic E-state index is 0.362. The van der Waals surface area contributed by atoms with Crippen LogP contribution in [0.25, 0.3) is 0 Å². The fourth-order valence-corrected chi connectivity index (χ4v) is 4.76. The lowest BCUT2D eigenvalue weighted by atomic mass is 10.0. The van der Waals surface area contributed by atoms with Gasteiger partial charge in [-0.15, -0.1) is 0 Å². The van der Waals surface area contributed by atoms with E-state index in [2.05, 4.69) is 44.9 Å². The van der Waals surface area contributed by atoms with E-state index in [0.717, 1.165) is 58.5 Å². The largest absolute Gasteiger partial charge is 0.341 e. The SMILES string of the molecule is O=C(CCCC1CNNC1)N1CCCN(C2Cc3ccccc3C2)CC1. The van der Waals surface area contributed by atoms with Crippen LogP contribution in [0.1, 0.15) is 36.8 Å². The number of hydrogen-bond acceptors (Lipinski definition) is 4. The summed E-state index contributed by atoms with van der Waals surface area (Å²) in [4.78, 5) is 17.4. The van der Waals surface area contributed by atoms with Gasteiger partial charge in [0.1, 0.15) is 0 Å². The van der Waals surface area contributed by atoms with E-state index < -0.39 is 0 Å². The Morgan fingerprint density at radius 3 is 2.46 bits per heavy atom. The third kappa shape index (κ3) is 4.27. The first-order valence-corrected chi connectivity index (χ1v) is 10.3. The minimum atomic E-state index is 0.362. The number of benzene rings is 1. The van der Waals surface area contributed by atoms with Crippen molar-refractivity contribution in [2.75, 3.05) is 39.3 Å². The standard InChI is InChI=1S/C21H32N4O/c26-21(8-3-5-17-15-22-23-16-17)25-10-4-9-24(11-12-25)20-13-18-6-1-2-7-19(18)14-20/h1-2,6-7,17,20,22-23H,3-5,8-16H2. The van der Waals surface area contributed by atoms with E-state index in [4.69, 9.17) is 0 Å². The molecule has 2 aliphatic heterocycles. The molecule has 0 bridgehead atoms. The number of carbonyl (C=O) groups excluding carboxylic acids is 1. The molecular weight excluding hydrogens is 324 g/mol. The molecule has 1 aromatic carbocycles. The number of hydrogen-bond donors (Lipinski definition) is 2. The van der Waals surface area contributed by atoms with Crippen molar-refractivity contribution < 1.29 is 4.79 Å². The second kappa shape index (κ2) is 8.51. The van der Waals surface area contributed by atoms with Crippen LogP contribution in [0.3, 0.4) is 0 Å². The quantitative estimate of drug-likeness (QED) is 0.841. The monoisotopic (exact) mass is 356 g/mol. The van der Waals surface area contributed by atoms with Gasteiger partial charge in [0.05, 0.1) is 0 Å². The maximum atomic E-state index is 12.6. The summed E-state index contributed by atoms with van der Waals surface area (Å²) < 4.78 is 0. The number of amides is 1. The van der Waals surface area contributed by atoms with Crippen molar-refractivity contribution in [3.63, 3.8) is 0 Å². The zero-order valence-electron chi connectivity index (χ0n) is 15.8. The lowest BCUT2D eigenvalue weighted by molar-refractivity contribution is -0.131. The number of fused-ring (bicyclic) bond motifs is 1. The zero-order chi connectivity index (χ0) is 17.8. The lowest BCUT2D eigenvalue weighted by Crippen LogP contribution is -2.40. The Labute approximate surface area is 157 Å². The van der Waals surface area contributed by atoms with Crippen LogP contribution in [-0.2, 0) is 17.6 Å². The maximum Gasteiger partial charge on any atom is 0.222 e. The second-order valence-corrected chi connectivity index (χ2v) is 8.12. The highest BCUT2D eigenvalue weighted by Crippen LogP contribution is 2.26. The zero-order valence-corrected chi connectivity index (χ0v) is 15.8. The number of hydrazine groups is 1. The van der Waals surface area contributed by atoms with Gasteiger partial charge >= 0.3 is 0 Å². The Morgan fingerprint density at radius 2 is 1.73 bits per heavy atom. The van der Waals surface area contributed by atoms with Crippen molar-refractivity contribution in [3.8, 4) is 0 Å². The van der Waals surface area contributed by atoms with Gasteiger partial charge in [0, 0.05) is 51.7 Å². The number of carbonyl (C=O) groups is 1. The van der Waals surface area contributed by atoms with Crippen molar-refractivity contribution in [3.05, 3.63) is 35.4 Å². The molecule has 2 heterocycles. The summed E-state index contributed by atoms with van der Waals surface area (Å²) in [6.07, 6.45) is 6.33. The van der Waals surface area contributed by atoms with E-state index in [9.17, 15) is 4.79 Å². The molecular formula is C21H32N4O. The van der Waals surface area contributed by atoms with Crippen LogP contribution >= 0.6 is 0 Å². The van der Waals surface area contributed by atoms with Crippen LogP contribution in [0.5, 0.6) is 0 Å². The first kappa shape index (κ1) is 18.0. The van der Waals surface area contributed by atoms with E-state index in [1.54, 1.807) is 0 Å². The van der Waals surface area contributed by atoms with Gasteiger partial charge in [0.25, 0.3) is 0 Å².